The highest BCUT2D eigenvalue weighted by atomic mass is 16.8. The maximum absolute atomic E-state index is 13.3. The summed E-state index contributed by atoms with van der Waals surface area (Å²) in [4.78, 5) is 64.6. The lowest BCUT2D eigenvalue weighted by Gasteiger charge is -2.47. The first-order chi connectivity index (χ1) is 27.7. The molecule has 0 amide bonds. The summed E-state index contributed by atoms with van der Waals surface area (Å²) >= 11 is 0. The average molecular weight is 819 g/mol. The number of aliphatic hydroxyl groups is 3. The van der Waals surface area contributed by atoms with Gasteiger partial charge in [0.2, 0.25) is 0 Å². The van der Waals surface area contributed by atoms with Gasteiger partial charge in [-0.15, -0.1) is 0 Å². The third-order valence-corrected chi connectivity index (χ3v) is 10.2. The van der Waals surface area contributed by atoms with Gasteiger partial charge in [-0.1, -0.05) is 62.6 Å². The number of allylic oxidation sites excluding steroid dienone is 1. The molecule has 16 nitrogen and oxygen atoms in total. The van der Waals surface area contributed by atoms with E-state index in [4.69, 9.17) is 37.9 Å². The quantitative estimate of drug-likeness (QED) is 0.194. The van der Waals surface area contributed by atoms with Crippen LogP contribution in [0.25, 0.3) is 6.08 Å². The monoisotopic (exact) mass is 818 g/mol. The number of benzene rings is 1. The number of aliphatic hydroxyl groups excluding tert-OH is 3. The van der Waals surface area contributed by atoms with Gasteiger partial charge in [-0.2, -0.15) is 0 Å². The van der Waals surface area contributed by atoms with Crippen LogP contribution in [-0.2, 0) is 61.9 Å². The summed E-state index contributed by atoms with van der Waals surface area (Å²) in [5.41, 5.74) is 0.825. The topological polar surface area (TPSA) is 220 Å². The Hall–Kier alpha value is -4.03. The zero-order chi connectivity index (χ0) is 42.4. The number of hydrogen-bond acceptors (Lipinski definition) is 16. The van der Waals surface area contributed by atoms with Crippen LogP contribution >= 0.6 is 0 Å². The van der Waals surface area contributed by atoms with Crippen LogP contribution < -0.4 is 0 Å². The molecule has 322 valence electrons. The summed E-state index contributed by atoms with van der Waals surface area (Å²) in [7, 11) is 0. The van der Waals surface area contributed by atoms with Crippen molar-refractivity contribution >= 4 is 35.7 Å². The van der Waals surface area contributed by atoms with Crippen molar-refractivity contribution in [3.63, 3.8) is 0 Å². The molecule has 3 aliphatic rings. The lowest BCUT2D eigenvalue weighted by molar-refractivity contribution is -0.369. The Kier molecular flexibility index (Phi) is 18.5. The van der Waals surface area contributed by atoms with Crippen molar-refractivity contribution < 1.29 is 77.2 Å². The minimum atomic E-state index is -1.89. The van der Waals surface area contributed by atoms with Crippen molar-refractivity contribution in [3.05, 3.63) is 53.6 Å². The Morgan fingerprint density at radius 3 is 2.24 bits per heavy atom. The molecular formula is C42H58O16. The third kappa shape index (κ3) is 13.5. The molecule has 0 saturated carbocycles. The van der Waals surface area contributed by atoms with E-state index in [1.807, 2.05) is 6.92 Å². The second-order valence-electron chi connectivity index (χ2n) is 14.7. The molecule has 58 heavy (non-hydrogen) atoms. The van der Waals surface area contributed by atoms with Crippen molar-refractivity contribution in [1.82, 2.24) is 0 Å². The van der Waals surface area contributed by atoms with Gasteiger partial charge >= 0.3 is 23.9 Å². The number of ketones is 1. The Morgan fingerprint density at radius 1 is 0.828 bits per heavy atom. The zero-order valence-electron chi connectivity index (χ0n) is 33.8. The summed E-state index contributed by atoms with van der Waals surface area (Å²) in [5.74, 6) is -3.75. The predicted octanol–water partition coefficient (Wildman–Crippen LogP) is 3.40. The first-order valence-corrected chi connectivity index (χ1v) is 20.0. The van der Waals surface area contributed by atoms with Gasteiger partial charge in [0.05, 0.1) is 18.6 Å². The smallest absolute Gasteiger partial charge is 0.333 e. The molecule has 3 N–H and O–H groups in total. The maximum atomic E-state index is 13.3. The molecule has 3 heterocycles. The molecule has 0 radical (unpaired) electrons. The van der Waals surface area contributed by atoms with E-state index in [1.54, 1.807) is 44.2 Å². The van der Waals surface area contributed by atoms with E-state index >= 15 is 0 Å². The summed E-state index contributed by atoms with van der Waals surface area (Å²) in [6.45, 7) is 7.16. The van der Waals surface area contributed by atoms with Crippen LogP contribution in [0.3, 0.4) is 0 Å². The van der Waals surface area contributed by atoms with Crippen LogP contribution in [-0.4, -0.2) is 125 Å². The van der Waals surface area contributed by atoms with Crippen LogP contribution in [0.1, 0.15) is 98.0 Å². The minimum absolute atomic E-state index is 0.154. The van der Waals surface area contributed by atoms with E-state index < -0.39 is 116 Å². The van der Waals surface area contributed by atoms with Crippen molar-refractivity contribution in [2.45, 2.75) is 166 Å². The van der Waals surface area contributed by atoms with Gasteiger partial charge in [-0.05, 0) is 58.1 Å². The number of cyclic esters (lactones) is 1. The SMILES string of the molecule is C/C=C(\C)C(=O)OC1C(O)[C@@H]2OC3C(O)[C@@H](O)C(C)O[C@H]3O[C@@H](CCC)CCCCC[C@H](OC(C)=O)C(=O)CCC(=O)OCC(O2)[C@H]1OC(=O)/C=C/c1ccccc1. The highest BCUT2D eigenvalue weighted by Gasteiger charge is 2.54. The van der Waals surface area contributed by atoms with Gasteiger partial charge in [0.15, 0.2) is 36.7 Å². The van der Waals surface area contributed by atoms with Crippen molar-refractivity contribution in [1.29, 1.82) is 0 Å². The first kappa shape index (κ1) is 46.7. The molecule has 0 aliphatic carbocycles. The van der Waals surface area contributed by atoms with E-state index in [2.05, 4.69) is 0 Å². The molecule has 1 aromatic carbocycles. The van der Waals surface area contributed by atoms with E-state index in [9.17, 15) is 39.3 Å². The Labute approximate surface area is 338 Å². The van der Waals surface area contributed by atoms with Gasteiger partial charge in [-0.3, -0.25) is 14.4 Å². The average Bonchev–Trinajstić information content (AvgIpc) is 3.20. The fraction of sp³-hybridized carbons (Fsp3) is 0.643. The Balaban J connectivity index is 1.73. The van der Waals surface area contributed by atoms with Crippen LogP contribution in [0.4, 0.5) is 0 Å². The first-order valence-electron chi connectivity index (χ1n) is 20.0. The van der Waals surface area contributed by atoms with Crippen molar-refractivity contribution in [2.75, 3.05) is 6.61 Å². The predicted molar refractivity (Wildman–Crippen MR) is 204 cm³/mol. The Bertz CT molecular complexity index is 1580. The molecule has 2 bridgehead atoms. The molecule has 1 aromatic rings. The molecule has 12 atom stereocenters. The number of carbonyl (C=O) groups excluding carboxylic acids is 5. The number of hydrogen-bond donors (Lipinski definition) is 3. The standard InChI is InChI=1S/C42H58O16/c1-6-14-28-17-12-9-13-18-30(53-26(5)43)29(44)20-22-32(45)51-23-31-37(56-33(46)21-19-27-15-10-8-11-16-27)38(57-40(50)24(3)7-2)36(49)41(55-31)58-39-35(48)34(47)25(4)52-42(39)54-28/h7-8,10-11,15-16,19,21,25,28,30-31,34-39,41-42,47-49H,6,9,12-14,17-18,20,22-23H2,1-5H3/b21-19+,24-7+/t25?,28-,30-,31?,34-,35?,36?,37+,38?,39?,41-,42-/m0/s1. The second kappa shape index (κ2) is 22.9. The number of carbonyl (C=O) groups is 5. The minimum Gasteiger partial charge on any atom is -0.463 e. The zero-order valence-corrected chi connectivity index (χ0v) is 33.8. The lowest BCUT2D eigenvalue weighted by Crippen LogP contribution is -2.65. The largest absolute Gasteiger partial charge is 0.463 e. The van der Waals surface area contributed by atoms with Crippen LogP contribution in [0.15, 0.2) is 48.1 Å². The second-order valence-corrected chi connectivity index (χ2v) is 14.7. The molecule has 4 rings (SSSR count). The van der Waals surface area contributed by atoms with Gasteiger partial charge in [0, 0.05) is 25.0 Å². The summed E-state index contributed by atoms with van der Waals surface area (Å²) in [6, 6.07) is 8.84. The van der Waals surface area contributed by atoms with Gasteiger partial charge in [0.25, 0.3) is 0 Å². The van der Waals surface area contributed by atoms with E-state index in [1.165, 1.54) is 26.0 Å². The Morgan fingerprint density at radius 2 is 1.55 bits per heavy atom. The van der Waals surface area contributed by atoms with Gasteiger partial charge in [-0.25, -0.2) is 9.59 Å². The molecule has 0 spiro atoms. The van der Waals surface area contributed by atoms with Crippen molar-refractivity contribution in [2.24, 2.45) is 0 Å². The van der Waals surface area contributed by atoms with Gasteiger partial charge in [0.1, 0.15) is 37.1 Å². The fourth-order valence-electron chi connectivity index (χ4n) is 6.86. The van der Waals surface area contributed by atoms with E-state index in [0.717, 1.165) is 12.5 Å². The van der Waals surface area contributed by atoms with Gasteiger partial charge < -0.3 is 53.2 Å². The number of Topliss-reactive ketones (excluding diaryl/α,β-unsaturated/α-hetero) is 1. The third-order valence-electron chi connectivity index (χ3n) is 10.2. The van der Waals surface area contributed by atoms with Crippen molar-refractivity contribution in [3.8, 4) is 0 Å². The van der Waals surface area contributed by atoms with E-state index in [0.29, 0.717) is 37.7 Å². The molecule has 0 aromatic heterocycles. The number of rotatable bonds is 8. The molecule has 16 heteroatoms. The normalized spacial score (nSPS) is 33.6. The number of esters is 4. The molecule has 3 aliphatic heterocycles. The summed E-state index contributed by atoms with van der Waals surface area (Å²) in [6.07, 6.45) is -9.21. The lowest BCUT2D eigenvalue weighted by atomic mass is 9.96. The van der Waals surface area contributed by atoms with Crippen LogP contribution in [0.2, 0.25) is 0 Å². The van der Waals surface area contributed by atoms with Crippen LogP contribution in [0, 0.1) is 0 Å². The van der Waals surface area contributed by atoms with E-state index in [-0.39, 0.29) is 18.4 Å². The number of ether oxygens (including phenoxy) is 8. The highest BCUT2D eigenvalue weighted by molar-refractivity contribution is 5.89. The maximum Gasteiger partial charge on any atom is 0.333 e. The molecular weight excluding hydrogens is 760 g/mol. The highest BCUT2D eigenvalue weighted by Crippen LogP contribution is 2.34. The molecule has 3 fully saturated rings. The summed E-state index contributed by atoms with van der Waals surface area (Å²) < 4.78 is 47.1. The van der Waals surface area contributed by atoms with Crippen LogP contribution in [0.5, 0.6) is 0 Å². The summed E-state index contributed by atoms with van der Waals surface area (Å²) in [5, 5.41) is 34.1. The fourth-order valence-corrected chi connectivity index (χ4v) is 6.86. The molecule has 3 saturated heterocycles. The molecule has 6 unspecified atom stereocenters. The number of fused-ring (bicyclic) bond motifs is 3.